The van der Waals surface area contributed by atoms with Crippen molar-refractivity contribution in [2.45, 2.75) is 25.0 Å². The number of aryl methyl sites for hydroxylation is 2. The molecule has 0 aliphatic rings. The monoisotopic (exact) mass is 301 g/mol. The molecule has 0 saturated heterocycles. The van der Waals surface area contributed by atoms with Gasteiger partial charge in [0.15, 0.2) is 0 Å². The zero-order chi connectivity index (χ0) is 14.0. The highest BCUT2D eigenvalue weighted by atomic mass is 32.2. The summed E-state index contributed by atoms with van der Waals surface area (Å²) in [6.45, 7) is 1.55. The van der Waals surface area contributed by atoms with Gasteiger partial charge >= 0.3 is 0 Å². The predicted octanol–water partition coefficient (Wildman–Crippen LogP) is 0.761. The summed E-state index contributed by atoms with van der Waals surface area (Å²) in [5, 5.41) is 10.9. The molecule has 8 heteroatoms. The Bertz CT molecular complexity index is 673. The zero-order valence-electron chi connectivity index (χ0n) is 10.6. The van der Waals surface area contributed by atoms with Gasteiger partial charge in [-0.25, -0.2) is 18.1 Å². The molecule has 0 aliphatic carbocycles. The number of thiophene rings is 1. The molecule has 0 fully saturated rings. The van der Waals surface area contributed by atoms with E-state index in [4.69, 9.17) is 0 Å². The molecule has 0 atom stereocenters. The molecule has 0 amide bonds. The third-order valence-corrected chi connectivity index (χ3v) is 5.59. The van der Waals surface area contributed by atoms with Crippen LogP contribution >= 0.6 is 11.3 Å². The van der Waals surface area contributed by atoms with Gasteiger partial charge in [0.05, 0.1) is 18.0 Å². The fourth-order valence-corrected chi connectivity index (χ4v) is 4.39. The highest BCUT2D eigenvalue weighted by Crippen LogP contribution is 2.26. The molecule has 0 radical (unpaired) electrons. The second-order valence-corrected chi connectivity index (χ2v) is 6.78. The van der Waals surface area contributed by atoms with E-state index >= 15 is 0 Å². The van der Waals surface area contributed by atoms with Crippen LogP contribution in [0.15, 0.2) is 22.7 Å². The van der Waals surface area contributed by atoms with Gasteiger partial charge in [-0.05, 0) is 17.9 Å². The Labute approximate surface area is 115 Å². The van der Waals surface area contributed by atoms with Gasteiger partial charge in [0, 0.05) is 19.4 Å². The SMILES string of the molecule is Cc1csc(CO)c1S(=O)(=O)NCc1nccn1C. The van der Waals surface area contributed by atoms with Crippen LogP contribution < -0.4 is 4.72 Å². The van der Waals surface area contributed by atoms with Gasteiger partial charge < -0.3 is 9.67 Å². The van der Waals surface area contributed by atoms with Crippen LogP contribution in [0.5, 0.6) is 0 Å². The summed E-state index contributed by atoms with van der Waals surface area (Å²) in [6.07, 6.45) is 3.36. The first kappa shape index (κ1) is 14.2. The van der Waals surface area contributed by atoms with Crippen LogP contribution in [0.25, 0.3) is 0 Å². The van der Waals surface area contributed by atoms with Crippen molar-refractivity contribution in [1.29, 1.82) is 0 Å². The van der Waals surface area contributed by atoms with E-state index < -0.39 is 10.0 Å². The summed E-state index contributed by atoms with van der Waals surface area (Å²) in [7, 11) is -1.84. The molecule has 2 aromatic rings. The van der Waals surface area contributed by atoms with Gasteiger partial charge in [-0.15, -0.1) is 11.3 Å². The van der Waals surface area contributed by atoms with Crippen LogP contribution in [0.2, 0.25) is 0 Å². The summed E-state index contributed by atoms with van der Waals surface area (Å²) in [4.78, 5) is 4.68. The van der Waals surface area contributed by atoms with Gasteiger partial charge in [-0.3, -0.25) is 0 Å². The highest BCUT2D eigenvalue weighted by molar-refractivity contribution is 7.89. The minimum absolute atomic E-state index is 0.117. The van der Waals surface area contributed by atoms with Crippen molar-refractivity contribution in [3.63, 3.8) is 0 Å². The molecule has 2 rings (SSSR count). The number of imidazole rings is 1. The molecule has 2 aromatic heterocycles. The maximum atomic E-state index is 12.2. The molecule has 0 spiro atoms. The fourth-order valence-electron chi connectivity index (χ4n) is 1.76. The Morgan fingerprint density at radius 3 is 2.84 bits per heavy atom. The van der Waals surface area contributed by atoms with Crippen molar-refractivity contribution >= 4 is 21.4 Å². The maximum absolute atomic E-state index is 12.2. The third-order valence-electron chi connectivity index (χ3n) is 2.74. The molecule has 0 unspecified atom stereocenters. The lowest BCUT2D eigenvalue weighted by Gasteiger charge is -2.08. The van der Waals surface area contributed by atoms with E-state index in [9.17, 15) is 13.5 Å². The van der Waals surface area contributed by atoms with E-state index in [1.54, 1.807) is 36.3 Å². The summed E-state index contributed by atoms with van der Waals surface area (Å²) < 4.78 is 28.7. The largest absolute Gasteiger partial charge is 0.391 e. The molecular formula is C11H15N3O3S2. The number of nitrogens with one attached hydrogen (secondary N) is 1. The van der Waals surface area contributed by atoms with E-state index in [2.05, 4.69) is 9.71 Å². The molecule has 0 aliphatic heterocycles. The summed E-state index contributed by atoms with van der Waals surface area (Å²) in [5.41, 5.74) is 0.640. The van der Waals surface area contributed by atoms with Crippen LogP contribution in [-0.4, -0.2) is 23.1 Å². The molecule has 0 bridgehead atoms. The first-order valence-corrected chi connectivity index (χ1v) is 7.95. The number of hydrogen-bond acceptors (Lipinski definition) is 5. The van der Waals surface area contributed by atoms with Gasteiger partial charge in [0.1, 0.15) is 10.7 Å². The van der Waals surface area contributed by atoms with Crippen LogP contribution in [0.1, 0.15) is 16.3 Å². The highest BCUT2D eigenvalue weighted by Gasteiger charge is 2.22. The molecular weight excluding hydrogens is 286 g/mol. The van der Waals surface area contributed by atoms with Gasteiger partial charge in [0.2, 0.25) is 10.0 Å². The van der Waals surface area contributed by atoms with Crippen molar-refractivity contribution in [3.8, 4) is 0 Å². The van der Waals surface area contributed by atoms with E-state index in [1.807, 2.05) is 0 Å². The smallest absolute Gasteiger partial charge is 0.242 e. The number of aromatic nitrogens is 2. The molecule has 0 saturated carbocycles. The molecule has 104 valence electrons. The molecule has 2 N–H and O–H groups in total. The Hall–Kier alpha value is -1.22. The third kappa shape index (κ3) is 2.86. The van der Waals surface area contributed by atoms with E-state index in [1.165, 1.54) is 11.3 Å². The maximum Gasteiger partial charge on any atom is 0.242 e. The number of aliphatic hydroxyl groups is 1. The molecule has 6 nitrogen and oxygen atoms in total. The first-order chi connectivity index (χ1) is 8.95. The lowest BCUT2D eigenvalue weighted by molar-refractivity contribution is 0.282. The summed E-state index contributed by atoms with van der Waals surface area (Å²) >= 11 is 1.24. The minimum Gasteiger partial charge on any atom is -0.391 e. The second kappa shape index (κ2) is 5.41. The van der Waals surface area contributed by atoms with Gasteiger partial charge in [-0.2, -0.15) is 0 Å². The lowest BCUT2D eigenvalue weighted by Crippen LogP contribution is -2.25. The van der Waals surface area contributed by atoms with Crippen molar-refractivity contribution in [2.75, 3.05) is 0 Å². The van der Waals surface area contributed by atoms with Crippen molar-refractivity contribution < 1.29 is 13.5 Å². The predicted molar refractivity (Wildman–Crippen MR) is 72.2 cm³/mol. The van der Waals surface area contributed by atoms with Crippen molar-refractivity contribution in [3.05, 3.63) is 34.0 Å². The standard InChI is InChI=1S/C11H15N3O3S2/c1-8-7-18-9(6-15)11(8)19(16,17)13-5-10-12-3-4-14(10)2/h3-4,7,13,15H,5-6H2,1-2H3. The van der Waals surface area contributed by atoms with E-state index in [0.717, 1.165) is 0 Å². The van der Waals surface area contributed by atoms with Crippen molar-refractivity contribution in [1.82, 2.24) is 14.3 Å². The minimum atomic E-state index is -3.64. The van der Waals surface area contributed by atoms with Crippen LogP contribution in [0.4, 0.5) is 0 Å². The van der Waals surface area contributed by atoms with E-state index in [0.29, 0.717) is 16.3 Å². The average Bonchev–Trinajstić information content (AvgIpc) is 2.93. The second-order valence-electron chi connectivity index (χ2n) is 4.11. The number of rotatable bonds is 5. The molecule has 2 heterocycles. The topological polar surface area (TPSA) is 84.2 Å². The number of hydrogen-bond donors (Lipinski definition) is 2. The van der Waals surface area contributed by atoms with Crippen LogP contribution in [0, 0.1) is 6.92 Å². The van der Waals surface area contributed by atoms with Gasteiger partial charge in [0.25, 0.3) is 0 Å². The lowest BCUT2D eigenvalue weighted by atomic mass is 10.3. The van der Waals surface area contributed by atoms with Crippen LogP contribution in [0.3, 0.4) is 0 Å². The number of aliphatic hydroxyl groups excluding tert-OH is 1. The zero-order valence-corrected chi connectivity index (χ0v) is 12.3. The summed E-state index contributed by atoms with van der Waals surface area (Å²) in [5.74, 6) is 0.627. The Morgan fingerprint density at radius 1 is 1.53 bits per heavy atom. The Balaban J connectivity index is 2.23. The van der Waals surface area contributed by atoms with E-state index in [-0.39, 0.29) is 18.0 Å². The average molecular weight is 301 g/mol. The number of nitrogens with zero attached hydrogens (tertiary/aromatic N) is 2. The summed E-state index contributed by atoms with van der Waals surface area (Å²) in [6, 6.07) is 0. The quantitative estimate of drug-likeness (QED) is 0.854. The molecule has 0 aromatic carbocycles. The first-order valence-electron chi connectivity index (χ1n) is 5.59. The van der Waals surface area contributed by atoms with Gasteiger partial charge in [-0.1, -0.05) is 0 Å². The molecule has 19 heavy (non-hydrogen) atoms. The Morgan fingerprint density at radius 2 is 2.26 bits per heavy atom. The fraction of sp³-hybridized carbons (Fsp3) is 0.364. The Kier molecular flexibility index (Phi) is 4.04. The van der Waals surface area contributed by atoms with Crippen molar-refractivity contribution in [2.24, 2.45) is 7.05 Å². The number of sulfonamides is 1. The van der Waals surface area contributed by atoms with Crippen LogP contribution in [-0.2, 0) is 30.2 Å². The normalized spacial score (nSPS) is 11.9.